The molecule has 7 heteroatoms. The Morgan fingerprint density at radius 1 is 1.36 bits per heavy atom. The first-order valence-corrected chi connectivity index (χ1v) is 7.88. The fourth-order valence-electron chi connectivity index (χ4n) is 2.58. The van der Waals surface area contributed by atoms with E-state index in [1.807, 2.05) is 24.3 Å². The van der Waals surface area contributed by atoms with E-state index in [9.17, 15) is 10.5 Å². The molecule has 0 spiro atoms. The summed E-state index contributed by atoms with van der Waals surface area (Å²) in [4.78, 5) is 2.20. The molecule has 3 N–H and O–H groups in total. The van der Waals surface area contributed by atoms with E-state index in [0.717, 1.165) is 24.3 Å². The van der Waals surface area contributed by atoms with Crippen LogP contribution in [-0.4, -0.2) is 30.4 Å². The molecule has 0 atom stereocenters. The monoisotopic (exact) mass is 336 g/mol. The summed E-state index contributed by atoms with van der Waals surface area (Å²) in [6.45, 7) is 5.95. The lowest BCUT2D eigenvalue weighted by atomic mass is 10.0. The number of aromatic amines is 1. The highest BCUT2D eigenvalue weighted by Crippen LogP contribution is 2.30. The number of benzene rings is 1. The third-order valence-corrected chi connectivity index (χ3v) is 3.94. The molecule has 0 saturated heterocycles. The van der Waals surface area contributed by atoms with Crippen molar-refractivity contribution < 1.29 is 4.74 Å². The van der Waals surface area contributed by atoms with Gasteiger partial charge >= 0.3 is 0 Å². The van der Waals surface area contributed by atoms with Crippen LogP contribution >= 0.6 is 0 Å². The van der Waals surface area contributed by atoms with Gasteiger partial charge in [0.05, 0.1) is 18.4 Å². The van der Waals surface area contributed by atoms with Crippen molar-refractivity contribution in [1.29, 1.82) is 10.5 Å². The lowest BCUT2D eigenvalue weighted by molar-refractivity contribution is 0.414. The van der Waals surface area contributed by atoms with Crippen LogP contribution in [0.4, 0.5) is 11.5 Å². The van der Waals surface area contributed by atoms with Crippen LogP contribution in [0.25, 0.3) is 11.6 Å². The Morgan fingerprint density at radius 3 is 2.64 bits per heavy atom. The van der Waals surface area contributed by atoms with Crippen molar-refractivity contribution in [2.75, 3.05) is 30.8 Å². The maximum Gasteiger partial charge on any atom is 0.163 e. The van der Waals surface area contributed by atoms with E-state index in [2.05, 4.69) is 35.0 Å². The second-order valence-electron chi connectivity index (χ2n) is 5.24. The molecular weight excluding hydrogens is 316 g/mol. The summed E-state index contributed by atoms with van der Waals surface area (Å²) in [6, 6.07) is 9.84. The minimum absolute atomic E-state index is 0.0718. The predicted molar refractivity (Wildman–Crippen MR) is 97.8 cm³/mol. The van der Waals surface area contributed by atoms with E-state index < -0.39 is 0 Å². The Bertz CT molecular complexity index is 865. The van der Waals surface area contributed by atoms with Crippen molar-refractivity contribution >= 4 is 23.2 Å². The second-order valence-corrected chi connectivity index (χ2v) is 5.24. The largest absolute Gasteiger partial charge is 0.496 e. The molecule has 1 heterocycles. The molecule has 2 aromatic rings. The number of hydrogen-bond donors (Lipinski definition) is 2. The molecule has 0 aliphatic carbocycles. The Kier molecular flexibility index (Phi) is 5.65. The number of hydrogen-bond acceptors (Lipinski definition) is 6. The first kappa shape index (κ1) is 17.9. The van der Waals surface area contributed by atoms with E-state index in [1.54, 1.807) is 13.2 Å². The summed E-state index contributed by atoms with van der Waals surface area (Å²) in [5.41, 5.74) is 8.14. The lowest BCUT2D eigenvalue weighted by Gasteiger charge is -2.22. The number of ether oxygens (including phenoxy) is 1. The first-order chi connectivity index (χ1) is 12.1. The number of aromatic nitrogens is 2. The van der Waals surface area contributed by atoms with Gasteiger partial charge in [-0.25, -0.2) is 0 Å². The van der Waals surface area contributed by atoms with E-state index >= 15 is 0 Å². The predicted octanol–water partition coefficient (Wildman–Crippen LogP) is 2.78. The number of nitrogens with two attached hydrogens (primary N) is 1. The van der Waals surface area contributed by atoms with E-state index in [4.69, 9.17) is 10.5 Å². The van der Waals surface area contributed by atoms with Crippen LogP contribution in [0.1, 0.15) is 30.7 Å². The number of nitrogens with zero attached hydrogens (tertiary/aromatic N) is 4. The number of H-pyrrole nitrogens is 1. The van der Waals surface area contributed by atoms with Gasteiger partial charge in [0.1, 0.15) is 23.5 Å². The molecular formula is C18H20N6O. The van der Waals surface area contributed by atoms with Gasteiger partial charge in [0, 0.05) is 30.4 Å². The molecule has 0 radical (unpaired) electrons. The third kappa shape index (κ3) is 3.56. The minimum Gasteiger partial charge on any atom is -0.496 e. The Balaban J connectivity index is 2.51. The number of nitrogen functional groups attached to an aromatic ring is 1. The molecule has 0 unspecified atom stereocenters. The van der Waals surface area contributed by atoms with Crippen LogP contribution in [0.5, 0.6) is 5.75 Å². The van der Waals surface area contributed by atoms with Gasteiger partial charge in [0.2, 0.25) is 0 Å². The van der Waals surface area contributed by atoms with Crippen molar-refractivity contribution in [3.63, 3.8) is 0 Å². The van der Waals surface area contributed by atoms with Gasteiger partial charge in [0.25, 0.3) is 0 Å². The molecule has 2 rings (SSSR count). The molecule has 7 nitrogen and oxygen atoms in total. The van der Waals surface area contributed by atoms with Crippen LogP contribution in [0, 0.1) is 22.7 Å². The van der Waals surface area contributed by atoms with Gasteiger partial charge in [-0.15, -0.1) is 0 Å². The molecule has 25 heavy (non-hydrogen) atoms. The van der Waals surface area contributed by atoms with Crippen LogP contribution in [0.15, 0.2) is 18.2 Å². The molecule has 128 valence electrons. The lowest BCUT2D eigenvalue weighted by Crippen LogP contribution is -2.21. The quantitative estimate of drug-likeness (QED) is 0.784. The number of rotatable bonds is 6. The van der Waals surface area contributed by atoms with Gasteiger partial charge in [-0.1, -0.05) is 0 Å². The van der Waals surface area contributed by atoms with Crippen LogP contribution in [-0.2, 0) is 0 Å². The molecule has 0 amide bonds. The van der Waals surface area contributed by atoms with E-state index in [-0.39, 0.29) is 17.0 Å². The van der Waals surface area contributed by atoms with Crippen molar-refractivity contribution in [2.24, 2.45) is 0 Å². The van der Waals surface area contributed by atoms with Crippen molar-refractivity contribution in [2.45, 2.75) is 13.8 Å². The maximum atomic E-state index is 9.49. The van der Waals surface area contributed by atoms with Gasteiger partial charge in [-0.2, -0.15) is 15.6 Å². The van der Waals surface area contributed by atoms with Crippen LogP contribution < -0.4 is 15.4 Å². The molecule has 1 aromatic heterocycles. The fraction of sp³-hybridized carbons (Fsp3) is 0.278. The smallest absolute Gasteiger partial charge is 0.163 e. The second kappa shape index (κ2) is 7.89. The molecule has 0 saturated carbocycles. The fourth-order valence-corrected chi connectivity index (χ4v) is 2.58. The number of nitriles is 2. The Hall–Kier alpha value is -3.45. The highest BCUT2D eigenvalue weighted by Gasteiger charge is 2.15. The maximum absolute atomic E-state index is 9.49. The zero-order chi connectivity index (χ0) is 18.4. The molecule has 0 aliphatic heterocycles. The van der Waals surface area contributed by atoms with Crippen LogP contribution in [0.3, 0.4) is 0 Å². The summed E-state index contributed by atoms with van der Waals surface area (Å²) < 4.78 is 5.47. The number of nitrogens with one attached hydrogen (secondary N) is 1. The SMILES string of the molecule is CCN(CC)c1ccc(/C=C(\C#N)c2[nH]nc(N)c2C#N)c(OC)c1. The Morgan fingerprint density at radius 2 is 2.08 bits per heavy atom. The highest BCUT2D eigenvalue weighted by atomic mass is 16.5. The van der Waals surface area contributed by atoms with Crippen molar-refractivity contribution in [3.8, 4) is 17.9 Å². The van der Waals surface area contributed by atoms with Crippen molar-refractivity contribution in [1.82, 2.24) is 10.2 Å². The molecule has 1 aromatic carbocycles. The highest BCUT2D eigenvalue weighted by molar-refractivity contribution is 5.92. The number of anilines is 2. The van der Waals surface area contributed by atoms with Crippen LogP contribution in [0.2, 0.25) is 0 Å². The first-order valence-electron chi connectivity index (χ1n) is 7.88. The third-order valence-electron chi connectivity index (χ3n) is 3.94. The number of methoxy groups -OCH3 is 1. The minimum atomic E-state index is 0.0718. The standard InChI is InChI=1S/C18H20N6O/c1-4-24(5-2)14-7-6-12(16(9-14)25-3)8-13(10-19)17-15(11-20)18(21)23-22-17/h6-9H,4-5H2,1-3H3,(H3,21,22,23)/b13-8+. The molecule has 0 bridgehead atoms. The summed E-state index contributed by atoms with van der Waals surface area (Å²) in [7, 11) is 1.58. The molecule has 0 fully saturated rings. The summed E-state index contributed by atoms with van der Waals surface area (Å²) in [6.07, 6.45) is 1.65. The van der Waals surface area contributed by atoms with E-state index in [0.29, 0.717) is 11.4 Å². The Labute approximate surface area is 146 Å². The average molecular weight is 336 g/mol. The number of allylic oxidation sites excluding steroid dienone is 1. The molecule has 0 aliphatic rings. The topological polar surface area (TPSA) is 115 Å². The van der Waals surface area contributed by atoms with E-state index in [1.165, 1.54) is 0 Å². The van der Waals surface area contributed by atoms with Crippen molar-refractivity contribution in [3.05, 3.63) is 35.0 Å². The summed E-state index contributed by atoms with van der Waals surface area (Å²) >= 11 is 0. The summed E-state index contributed by atoms with van der Waals surface area (Å²) in [5, 5.41) is 25.1. The van der Waals surface area contributed by atoms with Gasteiger partial charge in [-0.05, 0) is 32.1 Å². The van der Waals surface area contributed by atoms with Gasteiger partial charge in [0.15, 0.2) is 5.82 Å². The average Bonchev–Trinajstić information content (AvgIpc) is 3.01. The van der Waals surface area contributed by atoms with Gasteiger partial charge < -0.3 is 15.4 Å². The summed E-state index contributed by atoms with van der Waals surface area (Å²) in [5.74, 6) is 0.714. The zero-order valence-corrected chi connectivity index (χ0v) is 14.5. The normalized spacial score (nSPS) is 10.8. The zero-order valence-electron chi connectivity index (χ0n) is 14.5. The van der Waals surface area contributed by atoms with Gasteiger partial charge in [-0.3, -0.25) is 5.10 Å².